The van der Waals surface area contributed by atoms with Gasteiger partial charge in [0.25, 0.3) is 0 Å². The number of hydrogen-bond donors (Lipinski definition) is 2. The molecule has 0 saturated heterocycles. The molecule has 0 unspecified atom stereocenters. The summed E-state index contributed by atoms with van der Waals surface area (Å²) in [7, 11) is -6.66. The summed E-state index contributed by atoms with van der Waals surface area (Å²) >= 11 is 0. The van der Waals surface area contributed by atoms with Gasteiger partial charge in [-0.05, 0) is 44.1 Å². The molecule has 0 aromatic carbocycles. The first-order valence-corrected chi connectivity index (χ1v) is 13.9. The second-order valence-electron chi connectivity index (χ2n) is 8.24. The van der Waals surface area contributed by atoms with E-state index in [-0.39, 0.29) is 12.6 Å². The van der Waals surface area contributed by atoms with Crippen LogP contribution in [0.25, 0.3) is 11.0 Å². The maximum Gasteiger partial charge on any atom is 0.211 e. The van der Waals surface area contributed by atoms with Crippen molar-refractivity contribution < 1.29 is 16.8 Å². The van der Waals surface area contributed by atoms with E-state index in [9.17, 15) is 16.8 Å². The van der Waals surface area contributed by atoms with Crippen LogP contribution in [0, 0.1) is 0 Å². The van der Waals surface area contributed by atoms with Crippen molar-refractivity contribution in [2.24, 2.45) is 0 Å². The molecule has 0 amide bonds. The summed E-state index contributed by atoms with van der Waals surface area (Å²) in [5.41, 5.74) is 10.0. The first-order valence-electron chi connectivity index (χ1n) is 10.1. The summed E-state index contributed by atoms with van der Waals surface area (Å²) in [4.78, 5) is 9.27. The molecular formula is C18H28N6O4S2. The van der Waals surface area contributed by atoms with Gasteiger partial charge >= 0.3 is 0 Å². The average molecular weight is 457 g/mol. The molecule has 4 rings (SSSR count). The van der Waals surface area contributed by atoms with E-state index in [4.69, 9.17) is 10.7 Å². The second-order valence-corrected chi connectivity index (χ2v) is 12.1. The Hall–Kier alpha value is -1.76. The predicted molar refractivity (Wildman–Crippen MR) is 115 cm³/mol. The highest BCUT2D eigenvalue weighted by Crippen LogP contribution is 2.37. The number of nitrogen functional groups attached to an aromatic ring is 1. The highest BCUT2D eigenvalue weighted by Gasteiger charge is 2.34. The maximum atomic E-state index is 12.3. The Morgan fingerprint density at radius 2 is 1.87 bits per heavy atom. The lowest BCUT2D eigenvalue weighted by atomic mass is 9.94. The van der Waals surface area contributed by atoms with Crippen LogP contribution in [-0.2, 0) is 39.4 Å². The summed E-state index contributed by atoms with van der Waals surface area (Å²) in [6.07, 6.45) is 7.47. The largest absolute Gasteiger partial charge is 0.382 e. The van der Waals surface area contributed by atoms with Crippen LogP contribution in [0.3, 0.4) is 0 Å². The van der Waals surface area contributed by atoms with Gasteiger partial charge in [-0.1, -0.05) is 0 Å². The minimum Gasteiger partial charge on any atom is -0.382 e. The first kappa shape index (κ1) is 21.5. The monoisotopic (exact) mass is 456 g/mol. The molecule has 0 saturated carbocycles. The molecule has 166 valence electrons. The minimum absolute atomic E-state index is 0.150. The highest BCUT2D eigenvalue weighted by atomic mass is 32.2. The molecule has 3 heterocycles. The van der Waals surface area contributed by atoms with Crippen LogP contribution in [-0.4, -0.2) is 61.3 Å². The lowest BCUT2D eigenvalue weighted by molar-refractivity contribution is 0.271. The molecule has 1 aliphatic carbocycles. The Kier molecular flexibility index (Phi) is 5.54. The molecule has 2 aromatic rings. The van der Waals surface area contributed by atoms with Gasteiger partial charge in [0.05, 0.1) is 24.6 Å². The van der Waals surface area contributed by atoms with E-state index in [0.29, 0.717) is 43.1 Å². The predicted octanol–water partition coefficient (Wildman–Crippen LogP) is 0.538. The lowest BCUT2D eigenvalue weighted by Crippen LogP contribution is -2.41. The Morgan fingerprint density at radius 1 is 1.13 bits per heavy atom. The van der Waals surface area contributed by atoms with Gasteiger partial charge in [0.1, 0.15) is 11.3 Å². The van der Waals surface area contributed by atoms with Crippen molar-refractivity contribution in [3.8, 4) is 0 Å². The quantitative estimate of drug-likeness (QED) is 0.604. The van der Waals surface area contributed by atoms with E-state index in [1.807, 2.05) is 0 Å². The van der Waals surface area contributed by atoms with Gasteiger partial charge in [-0.2, -0.15) is 4.31 Å². The molecule has 30 heavy (non-hydrogen) atoms. The molecule has 2 aliphatic rings. The van der Waals surface area contributed by atoms with Crippen LogP contribution in [0.5, 0.6) is 0 Å². The number of aryl methyl sites for hydroxylation is 2. The van der Waals surface area contributed by atoms with Crippen LogP contribution in [0.15, 0.2) is 0 Å². The third kappa shape index (κ3) is 4.18. The number of nitrogens with zero attached hydrogens (tertiary/aromatic N) is 4. The van der Waals surface area contributed by atoms with E-state index in [2.05, 4.69) is 14.3 Å². The molecule has 0 fully saturated rings. The van der Waals surface area contributed by atoms with Crippen LogP contribution in [0.2, 0.25) is 0 Å². The molecule has 12 heteroatoms. The number of nitrogens with one attached hydrogen (secondary N) is 1. The van der Waals surface area contributed by atoms with Crippen molar-refractivity contribution in [3.05, 3.63) is 17.1 Å². The van der Waals surface area contributed by atoms with Gasteiger partial charge in [0, 0.05) is 24.8 Å². The number of sulfonamides is 2. The maximum absolute atomic E-state index is 12.3. The molecule has 0 radical (unpaired) electrons. The Morgan fingerprint density at radius 3 is 2.57 bits per heavy atom. The number of anilines is 1. The zero-order chi connectivity index (χ0) is 21.7. The Bertz CT molecular complexity index is 1190. The van der Waals surface area contributed by atoms with Crippen molar-refractivity contribution in [3.63, 3.8) is 0 Å². The number of fused-ring (bicyclic) bond motifs is 5. The van der Waals surface area contributed by atoms with Gasteiger partial charge in [0.2, 0.25) is 20.0 Å². The third-order valence-corrected chi connectivity index (χ3v) is 7.80. The van der Waals surface area contributed by atoms with E-state index >= 15 is 0 Å². The van der Waals surface area contributed by atoms with Crippen molar-refractivity contribution in [1.29, 1.82) is 0 Å². The summed E-state index contributed by atoms with van der Waals surface area (Å²) in [6, 6.07) is -0.150. The number of hydrogen-bond acceptors (Lipinski definition) is 7. The van der Waals surface area contributed by atoms with E-state index < -0.39 is 20.0 Å². The Balaban J connectivity index is 1.77. The summed E-state index contributed by atoms with van der Waals surface area (Å²) in [5.74, 6) is 1.05. The van der Waals surface area contributed by atoms with Crippen molar-refractivity contribution in [2.45, 2.75) is 51.1 Å². The summed E-state index contributed by atoms with van der Waals surface area (Å²) in [6.45, 7) is 0.824. The molecule has 0 spiro atoms. The smallest absolute Gasteiger partial charge is 0.211 e. The molecule has 3 N–H and O–H groups in total. The topological polar surface area (TPSA) is 140 Å². The van der Waals surface area contributed by atoms with Crippen LogP contribution >= 0.6 is 0 Å². The highest BCUT2D eigenvalue weighted by molar-refractivity contribution is 7.88. The zero-order valence-electron chi connectivity index (χ0n) is 17.3. The number of rotatable bonds is 6. The molecule has 1 aliphatic heterocycles. The SMILES string of the molecule is CS(=O)(=O)NCCC[C@H]1CN(S(C)(=O)=O)Cc2nc3c(N)nc4c(c3n21)CCCC4. The molecule has 10 nitrogen and oxygen atoms in total. The number of nitrogens with two attached hydrogens (primary N) is 1. The average Bonchev–Trinajstić information content (AvgIpc) is 3.04. The fraction of sp³-hybridized carbons (Fsp3) is 0.667. The van der Waals surface area contributed by atoms with Crippen molar-refractivity contribution in [2.75, 3.05) is 31.3 Å². The Labute approximate surface area is 177 Å². The summed E-state index contributed by atoms with van der Waals surface area (Å²) in [5, 5.41) is 0. The summed E-state index contributed by atoms with van der Waals surface area (Å²) < 4.78 is 53.3. The first-order chi connectivity index (χ1) is 14.0. The van der Waals surface area contributed by atoms with Crippen LogP contribution < -0.4 is 10.5 Å². The van der Waals surface area contributed by atoms with E-state index in [1.165, 1.54) is 10.6 Å². The number of imidazole rings is 1. The van der Waals surface area contributed by atoms with E-state index in [0.717, 1.165) is 48.7 Å². The zero-order valence-corrected chi connectivity index (χ0v) is 18.9. The van der Waals surface area contributed by atoms with E-state index in [1.54, 1.807) is 0 Å². The molecule has 1 atom stereocenters. The number of aromatic nitrogens is 3. The second kappa shape index (κ2) is 7.74. The third-order valence-electron chi connectivity index (χ3n) is 5.85. The lowest BCUT2D eigenvalue weighted by Gasteiger charge is -2.33. The fourth-order valence-electron chi connectivity index (χ4n) is 4.52. The van der Waals surface area contributed by atoms with Gasteiger partial charge in [-0.25, -0.2) is 31.5 Å². The van der Waals surface area contributed by atoms with Gasteiger partial charge in [-0.15, -0.1) is 0 Å². The standard InChI is InChI=1S/C18H28N6O4S2/c1-29(25,26)20-9-5-6-12-10-23(30(2,27)28)11-15-22-16-17(24(12)15)13-7-3-4-8-14(13)21-18(16)19/h12,20H,3-11H2,1-2H3,(H2,19,21)/t12-/m0/s1. The fourth-order valence-corrected chi connectivity index (χ4v) is 5.83. The van der Waals surface area contributed by atoms with Crippen LogP contribution in [0.1, 0.15) is 48.8 Å². The van der Waals surface area contributed by atoms with Gasteiger partial charge < -0.3 is 10.3 Å². The van der Waals surface area contributed by atoms with Crippen molar-refractivity contribution >= 4 is 36.9 Å². The molecular weight excluding hydrogens is 428 g/mol. The number of pyridine rings is 1. The minimum atomic E-state index is -3.40. The van der Waals surface area contributed by atoms with Crippen LogP contribution in [0.4, 0.5) is 5.82 Å². The molecule has 2 aromatic heterocycles. The van der Waals surface area contributed by atoms with Crippen molar-refractivity contribution in [1.82, 2.24) is 23.6 Å². The normalized spacial score (nSPS) is 20.3. The molecule has 0 bridgehead atoms. The van der Waals surface area contributed by atoms with Gasteiger partial charge in [0.15, 0.2) is 5.82 Å². The van der Waals surface area contributed by atoms with Gasteiger partial charge in [-0.3, -0.25) is 0 Å².